The molecule has 0 bridgehead atoms. The topological polar surface area (TPSA) is 73.9 Å². The number of rotatable bonds is 4. The Hall–Kier alpha value is -2.97. The number of para-hydroxylation sites is 2. The highest BCUT2D eigenvalue weighted by Gasteiger charge is 2.21. The average molecular weight is 424 g/mol. The van der Waals surface area contributed by atoms with Gasteiger partial charge in [0, 0.05) is 52.0 Å². The van der Waals surface area contributed by atoms with Gasteiger partial charge in [-0.1, -0.05) is 23.7 Å². The Bertz CT molecular complexity index is 1220. The van der Waals surface area contributed by atoms with E-state index in [-0.39, 0.29) is 0 Å². The molecule has 0 N–H and O–H groups in total. The highest BCUT2D eigenvalue weighted by atomic mass is 35.5. The van der Waals surface area contributed by atoms with Crippen molar-refractivity contribution in [1.29, 1.82) is 0 Å². The summed E-state index contributed by atoms with van der Waals surface area (Å²) in [5, 5.41) is 9.17. The van der Waals surface area contributed by atoms with Crippen LogP contribution in [0.3, 0.4) is 0 Å². The van der Waals surface area contributed by atoms with E-state index < -0.39 is 0 Å². The van der Waals surface area contributed by atoms with Crippen molar-refractivity contribution in [3.8, 4) is 11.4 Å². The first-order valence-corrected chi connectivity index (χ1v) is 10.3. The molecule has 5 rings (SSSR count). The number of benzene rings is 1. The Labute approximate surface area is 179 Å². The van der Waals surface area contributed by atoms with Gasteiger partial charge in [0.25, 0.3) is 0 Å². The molecule has 0 saturated carbocycles. The predicted octanol–water partition coefficient (Wildman–Crippen LogP) is 3.09. The largest absolute Gasteiger partial charge is 0.377 e. The van der Waals surface area contributed by atoms with Crippen LogP contribution in [0.25, 0.3) is 22.4 Å². The fourth-order valence-electron chi connectivity index (χ4n) is 4.01. The number of fused-ring (bicyclic) bond motifs is 2. The average Bonchev–Trinajstić information content (AvgIpc) is 3.22. The highest BCUT2D eigenvalue weighted by molar-refractivity contribution is 6.33. The molecule has 1 aromatic carbocycles. The van der Waals surface area contributed by atoms with Crippen LogP contribution in [-0.2, 0) is 31.4 Å². The maximum atomic E-state index is 6.54. The smallest absolute Gasteiger partial charge is 0.159 e. The van der Waals surface area contributed by atoms with Crippen molar-refractivity contribution in [1.82, 2.24) is 29.3 Å². The van der Waals surface area contributed by atoms with Crippen molar-refractivity contribution in [3.05, 3.63) is 53.2 Å². The van der Waals surface area contributed by atoms with E-state index in [1.807, 2.05) is 31.3 Å². The SMILES string of the molecule is COCc1nnc2n1CCN(c1cc(-c3nc4ccccc4n3C)c(Cl)cn1)CC2. The number of imidazole rings is 1. The third kappa shape index (κ3) is 3.22. The van der Waals surface area contributed by atoms with Crippen molar-refractivity contribution in [3.63, 3.8) is 0 Å². The molecule has 0 unspecified atom stereocenters. The number of hydrogen-bond acceptors (Lipinski definition) is 6. The molecule has 4 heterocycles. The number of nitrogens with zero attached hydrogens (tertiary/aromatic N) is 7. The van der Waals surface area contributed by atoms with Crippen LogP contribution >= 0.6 is 11.6 Å². The quantitative estimate of drug-likeness (QED) is 0.502. The van der Waals surface area contributed by atoms with E-state index in [4.69, 9.17) is 21.3 Å². The van der Waals surface area contributed by atoms with Gasteiger partial charge in [0.1, 0.15) is 24.1 Å². The van der Waals surface area contributed by atoms with E-state index in [2.05, 4.69) is 35.3 Å². The lowest BCUT2D eigenvalue weighted by Crippen LogP contribution is -2.27. The monoisotopic (exact) mass is 423 g/mol. The Morgan fingerprint density at radius 2 is 2.00 bits per heavy atom. The number of methoxy groups -OCH3 is 1. The summed E-state index contributed by atoms with van der Waals surface area (Å²) >= 11 is 6.54. The van der Waals surface area contributed by atoms with E-state index in [1.54, 1.807) is 13.3 Å². The van der Waals surface area contributed by atoms with Gasteiger partial charge in [-0.3, -0.25) is 0 Å². The van der Waals surface area contributed by atoms with Crippen LogP contribution in [-0.4, -0.2) is 49.5 Å². The van der Waals surface area contributed by atoms with Gasteiger partial charge in [-0.25, -0.2) is 9.97 Å². The molecule has 0 spiro atoms. The first kappa shape index (κ1) is 19.0. The maximum Gasteiger partial charge on any atom is 0.159 e. The van der Waals surface area contributed by atoms with Crippen molar-refractivity contribution < 1.29 is 4.74 Å². The molecule has 0 amide bonds. The van der Waals surface area contributed by atoms with Crippen LogP contribution < -0.4 is 4.90 Å². The third-order valence-corrected chi connectivity index (χ3v) is 5.87. The second-order valence-electron chi connectivity index (χ2n) is 7.36. The molecule has 154 valence electrons. The molecule has 3 aromatic heterocycles. The Morgan fingerprint density at radius 1 is 1.13 bits per heavy atom. The van der Waals surface area contributed by atoms with Gasteiger partial charge in [0.2, 0.25) is 0 Å². The maximum absolute atomic E-state index is 6.54. The second kappa shape index (κ2) is 7.70. The number of halogens is 1. The summed E-state index contributed by atoms with van der Waals surface area (Å²) in [5.41, 5.74) is 2.90. The van der Waals surface area contributed by atoms with E-state index in [1.165, 1.54) is 0 Å². The zero-order valence-corrected chi connectivity index (χ0v) is 17.7. The summed E-state index contributed by atoms with van der Waals surface area (Å²) in [7, 11) is 3.68. The molecule has 0 radical (unpaired) electrons. The molecule has 30 heavy (non-hydrogen) atoms. The molecule has 4 aromatic rings. The Kier molecular flexibility index (Phi) is 4.88. The van der Waals surface area contributed by atoms with Gasteiger partial charge in [-0.15, -0.1) is 10.2 Å². The molecule has 1 aliphatic rings. The fourth-order valence-corrected chi connectivity index (χ4v) is 4.19. The normalized spacial score (nSPS) is 14.2. The number of hydrogen-bond donors (Lipinski definition) is 0. The lowest BCUT2D eigenvalue weighted by molar-refractivity contribution is 0.174. The first-order chi connectivity index (χ1) is 14.7. The third-order valence-electron chi connectivity index (χ3n) is 5.57. The van der Waals surface area contributed by atoms with Gasteiger partial charge in [0.05, 0.1) is 16.1 Å². The van der Waals surface area contributed by atoms with Gasteiger partial charge in [-0.05, 0) is 18.2 Å². The zero-order valence-electron chi connectivity index (χ0n) is 16.9. The minimum atomic E-state index is 0.461. The Balaban J connectivity index is 1.47. The van der Waals surface area contributed by atoms with Crippen molar-refractivity contribution in [2.24, 2.45) is 7.05 Å². The van der Waals surface area contributed by atoms with E-state index in [9.17, 15) is 0 Å². The standard InChI is InChI=1S/C21H22ClN7O/c1-27-17-6-4-3-5-16(17)24-21(27)14-11-19(23-12-15(14)22)28-8-7-18-25-26-20(13-30-2)29(18)10-9-28/h3-6,11-12H,7-10,13H2,1-2H3. The van der Waals surface area contributed by atoms with Crippen LogP contribution in [0.4, 0.5) is 5.82 Å². The minimum Gasteiger partial charge on any atom is -0.377 e. The van der Waals surface area contributed by atoms with Gasteiger partial charge < -0.3 is 18.8 Å². The molecule has 0 aliphatic carbocycles. The predicted molar refractivity (Wildman–Crippen MR) is 116 cm³/mol. The van der Waals surface area contributed by atoms with Crippen molar-refractivity contribution >= 4 is 28.5 Å². The molecule has 0 fully saturated rings. The van der Waals surface area contributed by atoms with Gasteiger partial charge >= 0.3 is 0 Å². The van der Waals surface area contributed by atoms with Crippen molar-refractivity contribution in [2.45, 2.75) is 19.6 Å². The molecule has 1 aliphatic heterocycles. The number of anilines is 1. The van der Waals surface area contributed by atoms with Crippen LogP contribution in [0, 0.1) is 0 Å². The van der Waals surface area contributed by atoms with Crippen LogP contribution in [0.2, 0.25) is 5.02 Å². The Morgan fingerprint density at radius 3 is 2.83 bits per heavy atom. The second-order valence-corrected chi connectivity index (χ2v) is 7.77. The van der Waals surface area contributed by atoms with E-state index >= 15 is 0 Å². The number of ether oxygens (including phenoxy) is 1. The summed E-state index contributed by atoms with van der Waals surface area (Å²) < 4.78 is 9.46. The van der Waals surface area contributed by atoms with E-state index in [0.29, 0.717) is 11.6 Å². The molecule has 0 saturated heterocycles. The van der Waals surface area contributed by atoms with E-state index in [0.717, 1.165) is 65.9 Å². The van der Waals surface area contributed by atoms with Gasteiger partial charge in [-0.2, -0.15) is 0 Å². The minimum absolute atomic E-state index is 0.461. The fraction of sp³-hybridized carbons (Fsp3) is 0.333. The zero-order chi connectivity index (χ0) is 20.7. The first-order valence-electron chi connectivity index (χ1n) is 9.88. The number of pyridine rings is 1. The van der Waals surface area contributed by atoms with Crippen molar-refractivity contribution in [2.75, 3.05) is 25.1 Å². The molecule has 0 atom stereocenters. The summed E-state index contributed by atoms with van der Waals surface area (Å²) in [5.74, 6) is 3.56. The molecular formula is C21H22ClN7O. The highest BCUT2D eigenvalue weighted by Crippen LogP contribution is 2.32. The summed E-state index contributed by atoms with van der Waals surface area (Å²) in [6.45, 7) is 2.86. The van der Waals surface area contributed by atoms with Crippen LogP contribution in [0.15, 0.2) is 36.5 Å². The molecule has 9 heteroatoms. The molecule has 8 nitrogen and oxygen atoms in total. The van der Waals surface area contributed by atoms with Crippen LogP contribution in [0.1, 0.15) is 11.6 Å². The summed E-state index contributed by atoms with van der Waals surface area (Å²) in [4.78, 5) is 11.7. The lowest BCUT2D eigenvalue weighted by Gasteiger charge is -2.22. The van der Waals surface area contributed by atoms with Crippen LogP contribution in [0.5, 0.6) is 0 Å². The number of aryl methyl sites for hydroxylation is 1. The summed E-state index contributed by atoms with van der Waals surface area (Å²) in [6.07, 6.45) is 2.51. The lowest BCUT2D eigenvalue weighted by atomic mass is 10.2. The summed E-state index contributed by atoms with van der Waals surface area (Å²) in [6, 6.07) is 10.1. The molecular weight excluding hydrogens is 402 g/mol. The van der Waals surface area contributed by atoms with Gasteiger partial charge in [0.15, 0.2) is 5.82 Å². The number of aromatic nitrogens is 6.